The molecule has 0 saturated heterocycles. The van der Waals surface area contributed by atoms with Crippen LogP contribution in [0.1, 0.15) is 5.56 Å². The van der Waals surface area contributed by atoms with Gasteiger partial charge < -0.3 is 14.0 Å². The van der Waals surface area contributed by atoms with Gasteiger partial charge in [-0.2, -0.15) is 0 Å². The van der Waals surface area contributed by atoms with Gasteiger partial charge in [0, 0.05) is 37.4 Å². The zero-order valence-corrected chi connectivity index (χ0v) is 24.7. The predicted octanol–water partition coefficient (Wildman–Crippen LogP) is 6.83. The number of hydrogen-bond acceptors (Lipinski definition) is 7. The molecule has 42 heavy (non-hydrogen) atoms. The molecule has 0 atom stereocenters. The molecule has 0 amide bonds. The minimum absolute atomic E-state index is 0. The molecule has 0 bridgehead atoms. The minimum atomic E-state index is 0. The third kappa shape index (κ3) is 4.96. The molecule has 9 heteroatoms. The topological polar surface area (TPSA) is 95.4 Å². The number of aryl methyl sites for hydroxylation is 1. The monoisotopic (exact) mass is 724 g/mol. The van der Waals surface area contributed by atoms with Crippen molar-refractivity contribution in [1.29, 1.82) is 0 Å². The van der Waals surface area contributed by atoms with Gasteiger partial charge in [-0.1, -0.05) is 66.4 Å². The number of nitrogens with zero attached hydrogens (tertiary/aromatic N) is 7. The SMILES string of the molecule is Cc1c[c-]c(-c2nc3nnnnc3n2-c2ccccc2)c2oc3ccccc3c12.[Ir].[c-]1ccccc1-c1ccccn1. The first-order valence-corrected chi connectivity index (χ1v) is 13.0. The number of pyridine rings is 1. The smallest absolute Gasteiger partial charge is 0.214 e. The van der Waals surface area contributed by atoms with E-state index in [1.54, 1.807) is 6.20 Å². The molecule has 0 N–H and O–H groups in total. The van der Waals surface area contributed by atoms with Crippen LogP contribution in [0.15, 0.2) is 114 Å². The van der Waals surface area contributed by atoms with E-state index >= 15 is 0 Å². The second-order valence-corrected chi connectivity index (χ2v) is 9.27. The number of rotatable bonds is 3. The van der Waals surface area contributed by atoms with E-state index in [0.29, 0.717) is 17.1 Å². The van der Waals surface area contributed by atoms with Crippen molar-refractivity contribution in [2.45, 2.75) is 6.92 Å². The van der Waals surface area contributed by atoms with Crippen LogP contribution in [-0.2, 0) is 20.1 Å². The number of fused-ring (bicyclic) bond motifs is 4. The molecule has 0 unspecified atom stereocenters. The number of furan rings is 1. The van der Waals surface area contributed by atoms with E-state index in [1.807, 2.05) is 102 Å². The van der Waals surface area contributed by atoms with E-state index in [2.05, 4.69) is 50.7 Å². The van der Waals surface area contributed by atoms with Gasteiger partial charge in [0.05, 0.1) is 11.4 Å². The molecule has 8 rings (SSSR count). The third-order valence-electron chi connectivity index (χ3n) is 6.69. The Morgan fingerprint density at radius 2 is 1.57 bits per heavy atom. The summed E-state index contributed by atoms with van der Waals surface area (Å²) in [6.07, 6.45) is 1.79. The maximum atomic E-state index is 6.25. The molecular formula is C33H21IrN7O-2. The number of para-hydroxylation sites is 2. The quantitative estimate of drug-likeness (QED) is 0.185. The first kappa shape index (κ1) is 27.1. The van der Waals surface area contributed by atoms with Gasteiger partial charge in [-0.05, 0) is 40.4 Å². The summed E-state index contributed by atoms with van der Waals surface area (Å²) in [5, 5.41) is 17.7. The Morgan fingerprint density at radius 1 is 0.786 bits per heavy atom. The van der Waals surface area contributed by atoms with E-state index in [4.69, 9.17) is 9.40 Å². The maximum Gasteiger partial charge on any atom is 0.214 e. The Morgan fingerprint density at radius 3 is 2.38 bits per heavy atom. The van der Waals surface area contributed by atoms with Crippen molar-refractivity contribution in [2.24, 2.45) is 0 Å². The van der Waals surface area contributed by atoms with Crippen molar-refractivity contribution in [3.05, 3.63) is 127 Å². The van der Waals surface area contributed by atoms with Crippen LogP contribution >= 0.6 is 0 Å². The van der Waals surface area contributed by atoms with E-state index in [1.165, 1.54) is 0 Å². The molecule has 1 radical (unpaired) electrons. The van der Waals surface area contributed by atoms with Crippen LogP contribution in [0, 0.1) is 19.1 Å². The van der Waals surface area contributed by atoms with Crippen molar-refractivity contribution in [1.82, 2.24) is 35.2 Å². The number of aromatic nitrogens is 7. The second kappa shape index (κ2) is 11.8. The van der Waals surface area contributed by atoms with Crippen molar-refractivity contribution < 1.29 is 24.5 Å². The van der Waals surface area contributed by atoms with Crippen molar-refractivity contribution in [3.8, 4) is 28.3 Å². The molecule has 8 aromatic rings. The fourth-order valence-corrected chi connectivity index (χ4v) is 4.84. The standard InChI is InChI=1S/C22H13N6O.C11H8N.Ir/c1-13-11-12-16(19-18(13)15-9-5-6-10-17(15)29-19)21-23-20-22(25-27-26-24-20)28(21)14-7-3-2-4-8-14;1-2-6-10(7-3-1)11-8-4-5-9-12-11;/h2-11H,1H3;1-6,8-9H;/q2*-1;. The minimum Gasteiger partial charge on any atom is -0.501 e. The van der Waals surface area contributed by atoms with Gasteiger partial charge in [0.2, 0.25) is 11.3 Å². The van der Waals surface area contributed by atoms with Crippen LogP contribution in [-0.4, -0.2) is 35.2 Å². The fraction of sp³-hybridized carbons (Fsp3) is 0.0303. The van der Waals surface area contributed by atoms with Gasteiger partial charge in [-0.15, -0.1) is 63.8 Å². The van der Waals surface area contributed by atoms with Crippen molar-refractivity contribution >= 4 is 33.2 Å². The summed E-state index contributed by atoms with van der Waals surface area (Å²) >= 11 is 0. The van der Waals surface area contributed by atoms with Crippen LogP contribution < -0.4 is 0 Å². The molecule has 0 saturated carbocycles. The van der Waals surface area contributed by atoms with E-state index < -0.39 is 0 Å². The summed E-state index contributed by atoms with van der Waals surface area (Å²) in [4.78, 5) is 8.92. The van der Waals surface area contributed by atoms with E-state index in [0.717, 1.165) is 50.0 Å². The van der Waals surface area contributed by atoms with Crippen LogP contribution in [0.3, 0.4) is 0 Å². The summed E-state index contributed by atoms with van der Waals surface area (Å²) in [7, 11) is 0. The zero-order chi connectivity index (χ0) is 27.6. The van der Waals surface area contributed by atoms with Crippen LogP contribution in [0.4, 0.5) is 0 Å². The van der Waals surface area contributed by atoms with Crippen LogP contribution in [0.2, 0.25) is 0 Å². The van der Waals surface area contributed by atoms with Crippen molar-refractivity contribution in [2.75, 3.05) is 0 Å². The molecule has 4 aromatic carbocycles. The van der Waals surface area contributed by atoms with Crippen molar-refractivity contribution in [3.63, 3.8) is 0 Å². The largest absolute Gasteiger partial charge is 0.501 e. The Bertz CT molecular complexity index is 2070. The molecule has 0 fully saturated rings. The predicted molar refractivity (Wildman–Crippen MR) is 157 cm³/mol. The fourth-order valence-electron chi connectivity index (χ4n) is 4.84. The van der Waals surface area contributed by atoms with Gasteiger partial charge in [-0.25, -0.2) is 0 Å². The van der Waals surface area contributed by atoms with Gasteiger partial charge in [0.15, 0.2) is 0 Å². The first-order valence-electron chi connectivity index (χ1n) is 13.0. The van der Waals surface area contributed by atoms with Gasteiger partial charge in [0.25, 0.3) is 0 Å². The molecular weight excluding hydrogens is 703 g/mol. The average molecular weight is 724 g/mol. The summed E-state index contributed by atoms with van der Waals surface area (Å²) in [5.41, 5.74) is 7.24. The summed E-state index contributed by atoms with van der Waals surface area (Å²) in [5.74, 6) is 0.630. The summed E-state index contributed by atoms with van der Waals surface area (Å²) in [6.45, 7) is 2.06. The van der Waals surface area contributed by atoms with Crippen LogP contribution in [0.5, 0.6) is 0 Å². The Kier molecular flexibility index (Phi) is 7.60. The molecule has 8 nitrogen and oxygen atoms in total. The van der Waals surface area contributed by atoms with Crippen LogP contribution in [0.25, 0.3) is 61.6 Å². The molecule has 0 spiro atoms. The number of benzene rings is 4. The van der Waals surface area contributed by atoms with Gasteiger partial charge >= 0.3 is 0 Å². The molecule has 0 aliphatic heterocycles. The summed E-state index contributed by atoms with van der Waals surface area (Å²) in [6, 6.07) is 40.0. The number of hydrogen-bond donors (Lipinski definition) is 0. The molecule has 4 heterocycles. The molecule has 0 aliphatic rings. The van der Waals surface area contributed by atoms with E-state index in [9.17, 15) is 0 Å². The maximum absolute atomic E-state index is 6.25. The summed E-state index contributed by atoms with van der Waals surface area (Å²) < 4.78 is 8.16. The van der Waals surface area contributed by atoms with E-state index in [-0.39, 0.29) is 20.1 Å². The second-order valence-electron chi connectivity index (χ2n) is 9.27. The Hall–Kier alpha value is -5.11. The molecule has 205 valence electrons. The number of imidazole rings is 1. The molecule has 0 aliphatic carbocycles. The average Bonchev–Trinajstić information content (AvgIpc) is 3.63. The Balaban J connectivity index is 0.000000205. The third-order valence-corrected chi connectivity index (χ3v) is 6.69. The van der Waals surface area contributed by atoms with Gasteiger partial charge in [-0.3, -0.25) is 4.98 Å². The molecule has 4 aromatic heterocycles. The first-order chi connectivity index (χ1) is 20.3. The Labute approximate surface area is 254 Å². The normalized spacial score (nSPS) is 10.8. The van der Waals surface area contributed by atoms with Gasteiger partial charge in [0.1, 0.15) is 5.58 Å². The zero-order valence-electron chi connectivity index (χ0n) is 22.3.